The predicted octanol–water partition coefficient (Wildman–Crippen LogP) is 4.23. The highest BCUT2D eigenvalue weighted by atomic mass is 19.4. The molecule has 8 heteroatoms. The van der Waals surface area contributed by atoms with E-state index in [4.69, 9.17) is 4.74 Å². The average molecular weight is 365 g/mol. The lowest BCUT2D eigenvalue weighted by atomic mass is 10.1. The third kappa shape index (κ3) is 3.49. The fourth-order valence-corrected chi connectivity index (χ4v) is 2.62. The van der Waals surface area contributed by atoms with Gasteiger partial charge in [-0.2, -0.15) is 0 Å². The van der Waals surface area contributed by atoms with E-state index in [2.05, 4.69) is 4.74 Å². The highest BCUT2D eigenvalue weighted by Crippen LogP contribution is 2.41. The van der Waals surface area contributed by atoms with Crippen LogP contribution in [0.1, 0.15) is 24.2 Å². The van der Waals surface area contributed by atoms with Crippen LogP contribution in [-0.2, 0) is 4.79 Å². The van der Waals surface area contributed by atoms with E-state index in [9.17, 15) is 22.8 Å². The number of alkyl halides is 3. The van der Waals surface area contributed by atoms with Crippen molar-refractivity contribution in [3.8, 4) is 11.5 Å². The number of carbonyl (C=O) groups is 2. The molecule has 1 aliphatic heterocycles. The fraction of sp³-hybridized carbons (Fsp3) is 0.222. The molecule has 26 heavy (non-hydrogen) atoms. The second-order valence-corrected chi connectivity index (χ2v) is 5.71. The summed E-state index contributed by atoms with van der Waals surface area (Å²) in [6.07, 6.45) is -5.67. The van der Waals surface area contributed by atoms with Gasteiger partial charge in [-0.05, 0) is 50.2 Å². The Balaban J connectivity index is 2.06. The van der Waals surface area contributed by atoms with Gasteiger partial charge in [0.05, 0.1) is 5.69 Å². The summed E-state index contributed by atoms with van der Waals surface area (Å²) in [5.41, 5.74) is 0.989. The average Bonchev–Trinajstić information content (AvgIpc) is 2.55. The number of Topliss-reactive ketones (excluding diaryl/α,β-unsaturated/α-hetero) is 1. The molecule has 136 valence electrons. The molecule has 0 aromatic heterocycles. The van der Waals surface area contributed by atoms with Crippen molar-refractivity contribution in [2.75, 3.05) is 4.90 Å². The molecule has 1 unspecified atom stereocenters. The largest absolute Gasteiger partial charge is 0.573 e. The quantitative estimate of drug-likeness (QED) is 0.764. The number of benzene rings is 2. The van der Waals surface area contributed by atoms with Crippen molar-refractivity contribution in [1.82, 2.24) is 0 Å². The Morgan fingerprint density at radius 3 is 2.38 bits per heavy atom. The van der Waals surface area contributed by atoms with Gasteiger partial charge in [0.2, 0.25) is 0 Å². The Hall–Kier alpha value is -3.03. The van der Waals surface area contributed by atoms with Gasteiger partial charge in [0, 0.05) is 17.3 Å². The Bertz CT molecular complexity index is 862. The van der Waals surface area contributed by atoms with Gasteiger partial charge in [-0.25, -0.2) is 0 Å². The molecule has 1 heterocycles. The second kappa shape index (κ2) is 6.36. The number of ether oxygens (including phenoxy) is 2. The van der Waals surface area contributed by atoms with Gasteiger partial charge in [-0.15, -0.1) is 13.2 Å². The highest BCUT2D eigenvalue weighted by Gasteiger charge is 2.35. The Labute approximate surface area is 146 Å². The minimum Gasteiger partial charge on any atom is -0.479 e. The Morgan fingerprint density at radius 2 is 1.81 bits per heavy atom. The molecule has 5 nitrogen and oxygen atoms in total. The summed E-state index contributed by atoms with van der Waals surface area (Å²) < 4.78 is 46.8. The molecule has 0 radical (unpaired) electrons. The smallest absolute Gasteiger partial charge is 0.479 e. The third-order valence-corrected chi connectivity index (χ3v) is 3.81. The minimum atomic E-state index is -4.85. The van der Waals surface area contributed by atoms with Crippen molar-refractivity contribution < 1.29 is 32.2 Å². The lowest BCUT2D eigenvalue weighted by Crippen LogP contribution is -2.41. The van der Waals surface area contributed by atoms with E-state index in [1.165, 1.54) is 17.9 Å². The minimum absolute atomic E-state index is 0.130. The van der Waals surface area contributed by atoms with Crippen LogP contribution in [0, 0.1) is 0 Å². The molecule has 1 aliphatic rings. The second-order valence-electron chi connectivity index (χ2n) is 5.71. The zero-order valence-corrected chi connectivity index (χ0v) is 13.8. The van der Waals surface area contributed by atoms with E-state index in [1.807, 2.05) is 0 Å². The van der Waals surface area contributed by atoms with E-state index in [0.29, 0.717) is 11.3 Å². The normalized spacial score (nSPS) is 16.7. The third-order valence-electron chi connectivity index (χ3n) is 3.81. The maximum Gasteiger partial charge on any atom is 0.573 e. The van der Waals surface area contributed by atoms with Gasteiger partial charge in [-0.3, -0.25) is 14.5 Å². The summed E-state index contributed by atoms with van der Waals surface area (Å²) in [7, 11) is 0. The number of rotatable bonds is 3. The molecule has 3 rings (SSSR count). The first kappa shape index (κ1) is 17.8. The van der Waals surface area contributed by atoms with Crippen molar-refractivity contribution in [3.05, 3.63) is 48.0 Å². The van der Waals surface area contributed by atoms with Crippen molar-refractivity contribution in [2.24, 2.45) is 0 Å². The van der Waals surface area contributed by atoms with Crippen LogP contribution >= 0.6 is 0 Å². The standard InChI is InChI=1S/C18H14F3NO4/c1-10(23)12-3-5-13(6-4-12)22-15-9-14(26-18(19,20)21)7-8-16(15)25-11(2)17(22)24/h3-9,11H,1-2H3. The zero-order chi connectivity index (χ0) is 19.1. The molecule has 2 aromatic carbocycles. The summed E-state index contributed by atoms with van der Waals surface area (Å²) in [4.78, 5) is 25.2. The summed E-state index contributed by atoms with van der Waals surface area (Å²) in [5, 5.41) is 0. The van der Waals surface area contributed by atoms with Crippen LogP contribution in [-0.4, -0.2) is 24.2 Å². The molecular formula is C18H14F3NO4. The van der Waals surface area contributed by atoms with Gasteiger partial charge >= 0.3 is 6.36 Å². The van der Waals surface area contributed by atoms with Crippen molar-refractivity contribution in [1.29, 1.82) is 0 Å². The fourth-order valence-electron chi connectivity index (χ4n) is 2.62. The molecule has 1 atom stereocenters. The molecule has 2 aromatic rings. The first-order chi connectivity index (χ1) is 12.2. The Kier molecular flexibility index (Phi) is 4.35. The van der Waals surface area contributed by atoms with E-state index >= 15 is 0 Å². The van der Waals surface area contributed by atoms with Crippen LogP contribution in [0.4, 0.5) is 24.5 Å². The number of halogens is 3. The zero-order valence-electron chi connectivity index (χ0n) is 13.8. The maximum absolute atomic E-state index is 12.6. The van der Waals surface area contributed by atoms with Crippen LogP contribution in [0.25, 0.3) is 0 Å². The van der Waals surface area contributed by atoms with Crippen LogP contribution in [0.5, 0.6) is 11.5 Å². The number of ketones is 1. The molecular weight excluding hydrogens is 351 g/mol. The van der Waals surface area contributed by atoms with Gasteiger partial charge in [0.1, 0.15) is 11.5 Å². The van der Waals surface area contributed by atoms with Crippen LogP contribution in [0.2, 0.25) is 0 Å². The number of carbonyl (C=O) groups excluding carboxylic acids is 2. The number of amides is 1. The van der Waals surface area contributed by atoms with Gasteiger partial charge < -0.3 is 9.47 Å². The van der Waals surface area contributed by atoms with E-state index in [-0.39, 0.29) is 17.2 Å². The topological polar surface area (TPSA) is 55.8 Å². The first-order valence-corrected chi connectivity index (χ1v) is 7.67. The van der Waals surface area contributed by atoms with Crippen molar-refractivity contribution in [3.63, 3.8) is 0 Å². The number of anilines is 2. The van der Waals surface area contributed by atoms with Gasteiger partial charge in [0.15, 0.2) is 11.9 Å². The van der Waals surface area contributed by atoms with Crippen LogP contribution < -0.4 is 14.4 Å². The number of nitrogens with zero attached hydrogens (tertiary/aromatic N) is 1. The first-order valence-electron chi connectivity index (χ1n) is 7.67. The lowest BCUT2D eigenvalue weighted by molar-refractivity contribution is -0.274. The molecule has 0 saturated heterocycles. The van der Waals surface area contributed by atoms with E-state index in [1.54, 1.807) is 31.2 Å². The molecule has 0 fully saturated rings. The number of hydrogen-bond acceptors (Lipinski definition) is 4. The van der Waals surface area contributed by atoms with Gasteiger partial charge in [0.25, 0.3) is 5.91 Å². The summed E-state index contributed by atoms with van der Waals surface area (Å²) in [6.45, 7) is 2.95. The molecule has 1 amide bonds. The molecule has 0 saturated carbocycles. The van der Waals surface area contributed by atoms with Crippen molar-refractivity contribution >= 4 is 23.1 Å². The molecule has 0 bridgehead atoms. The van der Waals surface area contributed by atoms with Crippen LogP contribution in [0.3, 0.4) is 0 Å². The van der Waals surface area contributed by atoms with Gasteiger partial charge in [-0.1, -0.05) is 0 Å². The molecule has 0 spiro atoms. The van der Waals surface area contributed by atoms with Crippen LogP contribution in [0.15, 0.2) is 42.5 Å². The number of fused-ring (bicyclic) bond motifs is 1. The highest BCUT2D eigenvalue weighted by molar-refractivity contribution is 6.06. The summed E-state index contributed by atoms with van der Waals surface area (Å²) in [5.74, 6) is -0.799. The SMILES string of the molecule is CC(=O)c1ccc(N2C(=O)C(C)Oc3ccc(OC(F)(F)F)cc32)cc1. The summed E-state index contributed by atoms with van der Waals surface area (Å²) in [6, 6.07) is 9.71. The van der Waals surface area contributed by atoms with Crippen molar-refractivity contribution in [2.45, 2.75) is 26.3 Å². The predicted molar refractivity (Wildman–Crippen MR) is 86.8 cm³/mol. The lowest BCUT2D eigenvalue weighted by Gasteiger charge is -2.33. The summed E-state index contributed by atoms with van der Waals surface area (Å²) >= 11 is 0. The van der Waals surface area contributed by atoms with E-state index < -0.39 is 24.1 Å². The monoisotopic (exact) mass is 365 g/mol. The molecule has 0 N–H and O–H groups in total. The van der Waals surface area contributed by atoms with E-state index in [0.717, 1.165) is 12.1 Å². The Morgan fingerprint density at radius 1 is 1.15 bits per heavy atom. The molecule has 0 aliphatic carbocycles. The maximum atomic E-state index is 12.6. The number of hydrogen-bond donors (Lipinski definition) is 0.